The number of carbonyl (C=O) groups is 1. The van der Waals surface area contributed by atoms with Crippen LogP contribution in [0.25, 0.3) is 0 Å². The molecular formula is C18H18INO. The summed E-state index contributed by atoms with van der Waals surface area (Å²) in [6, 6.07) is 14.8. The van der Waals surface area contributed by atoms with E-state index in [1.165, 1.54) is 20.3 Å². The van der Waals surface area contributed by atoms with Crippen molar-refractivity contribution in [1.29, 1.82) is 0 Å². The molecule has 1 aliphatic heterocycles. The first-order valence-electron chi connectivity index (χ1n) is 7.28. The molecule has 108 valence electrons. The van der Waals surface area contributed by atoms with Gasteiger partial charge in [0.05, 0.1) is 6.54 Å². The molecular weight excluding hydrogens is 373 g/mol. The van der Waals surface area contributed by atoms with Crippen LogP contribution in [-0.4, -0.2) is 5.91 Å². The Kier molecular flexibility index (Phi) is 4.29. The van der Waals surface area contributed by atoms with Gasteiger partial charge in [-0.15, -0.1) is 0 Å². The Morgan fingerprint density at radius 2 is 2.00 bits per heavy atom. The van der Waals surface area contributed by atoms with E-state index in [9.17, 15) is 4.79 Å². The highest BCUT2D eigenvalue weighted by atomic mass is 127. The largest absolute Gasteiger partial charge is 0.308 e. The molecule has 0 N–H and O–H groups in total. The summed E-state index contributed by atoms with van der Waals surface area (Å²) < 4.78 is 1.23. The van der Waals surface area contributed by atoms with Gasteiger partial charge in [0.2, 0.25) is 5.91 Å². The van der Waals surface area contributed by atoms with Gasteiger partial charge in [-0.05, 0) is 71.7 Å². The van der Waals surface area contributed by atoms with E-state index in [0.29, 0.717) is 13.0 Å². The van der Waals surface area contributed by atoms with Gasteiger partial charge >= 0.3 is 0 Å². The first-order valence-corrected chi connectivity index (χ1v) is 8.36. The molecule has 0 saturated heterocycles. The number of carbonyl (C=O) groups excluding carboxylic acids is 1. The van der Waals surface area contributed by atoms with Crippen molar-refractivity contribution < 1.29 is 4.79 Å². The van der Waals surface area contributed by atoms with Crippen molar-refractivity contribution in [3.8, 4) is 0 Å². The van der Waals surface area contributed by atoms with Crippen LogP contribution in [0, 0.1) is 10.5 Å². The van der Waals surface area contributed by atoms with Crippen LogP contribution in [0.4, 0.5) is 5.69 Å². The average Bonchev–Trinajstić information content (AvgIpc) is 2.59. The predicted molar refractivity (Wildman–Crippen MR) is 94.5 cm³/mol. The Bertz CT molecular complexity index is 681. The molecule has 2 nitrogen and oxygen atoms in total. The Morgan fingerprint density at radius 3 is 2.81 bits per heavy atom. The first kappa shape index (κ1) is 14.6. The fraction of sp³-hybridized carbons (Fsp3) is 0.278. The van der Waals surface area contributed by atoms with Crippen LogP contribution in [0.3, 0.4) is 0 Å². The quantitative estimate of drug-likeness (QED) is 0.692. The van der Waals surface area contributed by atoms with E-state index < -0.39 is 0 Å². The molecule has 0 aromatic heterocycles. The van der Waals surface area contributed by atoms with E-state index in [-0.39, 0.29) is 5.91 Å². The van der Waals surface area contributed by atoms with Crippen molar-refractivity contribution in [2.75, 3.05) is 4.90 Å². The van der Waals surface area contributed by atoms with Crippen LogP contribution in [-0.2, 0) is 17.8 Å². The smallest absolute Gasteiger partial charge is 0.227 e. The molecule has 1 aliphatic rings. The molecule has 1 heterocycles. The third kappa shape index (κ3) is 3.28. The third-order valence-corrected chi connectivity index (χ3v) is 4.56. The van der Waals surface area contributed by atoms with E-state index in [0.717, 1.165) is 18.5 Å². The highest BCUT2D eigenvalue weighted by Gasteiger charge is 2.22. The minimum atomic E-state index is 0.233. The molecule has 0 spiro atoms. The molecule has 0 fully saturated rings. The molecule has 0 radical (unpaired) electrons. The lowest BCUT2D eigenvalue weighted by Gasteiger charge is -2.23. The van der Waals surface area contributed by atoms with Crippen molar-refractivity contribution in [1.82, 2.24) is 0 Å². The van der Waals surface area contributed by atoms with Gasteiger partial charge < -0.3 is 4.90 Å². The van der Waals surface area contributed by atoms with E-state index in [4.69, 9.17) is 0 Å². The van der Waals surface area contributed by atoms with Crippen LogP contribution in [0.15, 0.2) is 42.5 Å². The van der Waals surface area contributed by atoms with Crippen molar-refractivity contribution in [3.63, 3.8) is 0 Å². The number of hydrogen-bond acceptors (Lipinski definition) is 1. The fourth-order valence-electron chi connectivity index (χ4n) is 2.88. The summed E-state index contributed by atoms with van der Waals surface area (Å²) in [5, 5.41) is 0. The zero-order chi connectivity index (χ0) is 14.8. The van der Waals surface area contributed by atoms with Gasteiger partial charge in [-0.3, -0.25) is 4.79 Å². The van der Waals surface area contributed by atoms with Crippen molar-refractivity contribution in [2.45, 2.75) is 32.7 Å². The number of benzene rings is 2. The molecule has 2 aromatic rings. The minimum Gasteiger partial charge on any atom is -0.308 e. The van der Waals surface area contributed by atoms with Crippen molar-refractivity contribution in [2.24, 2.45) is 0 Å². The Balaban J connectivity index is 1.98. The van der Waals surface area contributed by atoms with Gasteiger partial charge in [-0.2, -0.15) is 0 Å². The predicted octanol–water partition coefficient (Wildman–Crippen LogP) is 4.47. The lowest BCUT2D eigenvalue weighted by molar-refractivity contribution is -0.118. The van der Waals surface area contributed by atoms with Crippen LogP contribution >= 0.6 is 22.6 Å². The van der Waals surface area contributed by atoms with E-state index >= 15 is 0 Å². The molecule has 2 aromatic carbocycles. The van der Waals surface area contributed by atoms with Gasteiger partial charge in [0.15, 0.2) is 0 Å². The molecule has 0 aliphatic carbocycles. The lowest BCUT2D eigenvalue weighted by Crippen LogP contribution is -2.29. The van der Waals surface area contributed by atoms with Gasteiger partial charge in [0.1, 0.15) is 0 Å². The van der Waals surface area contributed by atoms with Crippen LogP contribution < -0.4 is 4.90 Å². The Hall–Kier alpha value is -1.36. The zero-order valence-electron chi connectivity index (χ0n) is 12.1. The van der Waals surface area contributed by atoms with Crippen molar-refractivity contribution >= 4 is 34.2 Å². The second-order valence-electron chi connectivity index (χ2n) is 5.60. The summed E-state index contributed by atoms with van der Waals surface area (Å²) >= 11 is 2.34. The highest BCUT2D eigenvalue weighted by molar-refractivity contribution is 14.1. The number of hydrogen-bond donors (Lipinski definition) is 0. The maximum atomic E-state index is 12.5. The van der Waals surface area contributed by atoms with Gasteiger partial charge in [-0.1, -0.05) is 29.8 Å². The zero-order valence-corrected chi connectivity index (χ0v) is 14.3. The summed E-state index contributed by atoms with van der Waals surface area (Å²) in [5.74, 6) is 0.233. The highest BCUT2D eigenvalue weighted by Crippen LogP contribution is 2.29. The number of fused-ring (bicyclic) bond motifs is 1. The van der Waals surface area contributed by atoms with Crippen molar-refractivity contribution in [3.05, 3.63) is 62.7 Å². The summed E-state index contributed by atoms with van der Waals surface area (Å²) in [6.45, 7) is 2.75. The van der Waals surface area contributed by atoms with Gasteiger partial charge in [0, 0.05) is 15.7 Å². The molecule has 0 saturated carbocycles. The van der Waals surface area contributed by atoms with Crippen LogP contribution in [0.2, 0.25) is 0 Å². The average molecular weight is 391 g/mol. The van der Waals surface area contributed by atoms with E-state index in [2.05, 4.69) is 72.0 Å². The summed E-state index contributed by atoms with van der Waals surface area (Å²) in [6.07, 6.45) is 2.57. The number of anilines is 1. The maximum absolute atomic E-state index is 12.5. The molecule has 3 rings (SSSR count). The molecule has 3 heteroatoms. The second kappa shape index (κ2) is 6.18. The molecule has 1 amide bonds. The third-order valence-electron chi connectivity index (χ3n) is 3.89. The number of aryl methyl sites for hydroxylation is 2. The number of amides is 1. The fourth-order valence-corrected chi connectivity index (χ4v) is 3.44. The second-order valence-corrected chi connectivity index (χ2v) is 6.84. The van der Waals surface area contributed by atoms with Gasteiger partial charge in [-0.25, -0.2) is 0 Å². The number of rotatable bonds is 2. The maximum Gasteiger partial charge on any atom is 0.227 e. The van der Waals surface area contributed by atoms with E-state index in [1.54, 1.807) is 0 Å². The number of nitrogens with zero attached hydrogens (tertiary/aromatic N) is 1. The number of halogens is 1. The molecule has 0 bridgehead atoms. The molecule has 0 unspecified atom stereocenters. The van der Waals surface area contributed by atoms with Gasteiger partial charge in [0.25, 0.3) is 0 Å². The lowest BCUT2D eigenvalue weighted by atomic mass is 10.1. The SMILES string of the molecule is Cc1cccc(CN2C(=O)CCCc3cc(I)ccc32)c1. The standard InChI is InChI=1S/C18H18INO/c1-13-4-2-5-14(10-13)12-20-17-9-8-16(19)11-15(17)6-3-7-18(20)21/h2,4-5,8-11H,3,6-7,12H2,1H3. The Labute approximate surface area is 139 Å². The topological polar surface area (TPSA) is 20.3 Å². The Morgan fingerprint density at radius 1 is 1.14 bits per heavy atom. The molecule has 21 heavy (non-hydrogen) atoms. The summed E-state index contributed by atoms with van der Waals surface area (Å²) in [5.41, 5.74) is 4.80. The van der Waals surface area contributed by atoms with Crippen LogP contribution in [0.1, 0.15) is 29.5 Å². The molecule has 0 atom stereocenters. The normalized spacial score (nSPS) is 14.8. The van der Waals surface area contributed by atoms with E-state index in [1.807, 2.05) is 4.90 Å². The monoisotopic (exact) mass is 391 g/mol. The summed E-state index contributed by atoms with van der Waals surface area (Å²) in [7, 11) is 0. The minimum absolute atomic E-state index is 0.233. The van der Waals surface area contributed by atoms with Crippen LogP contribution in [0.5, 0.6) is 0 Å². The first-order chi connectivity index (χ1) is 10.1. The summed E-state index contributed by atoms with van der Waals surface area (Å²) in [4.78, 5) is 14.4.